The molecular formula is C51H76N12O7. The number of H-pyrrole nitrogens is 1. The molecule has 5 rings (SSSR count). The number of aliphatic imine (C=N–C) groups is 1. The van der Waals surface area contributed by atoms with Crippen LogP contribution in [-0.4, -0.2) is 120 Å². The van der Waals surface area contributed by atoms with E-state index in [1.807, 2.05) is 54.6 Å². The topological polar surface area (TPSA) is 315 Å². The van der Waals surface area contributed by atoms with Crippen LogP contribution in [0.1, 0.15) is 114 Å². The van der Waals surface area contributed by atoms with Crippen molar-refractivity contribution in [1.82, 2.24) is 36.5 Å². The minimum Gasteiger partial charge on any atom is -0.370 e. The summed E-state index contributed by atoms with van der Waals surface area (Å²) in [4.78, 5) is 106. The van der Waals surface area contributed by atoms with Gasteiger partial charge >= 0.3 is 0 Å². The number of likely N-dealkylation sites (tertiary alicyclic amines) is 1. The second-order valence-electron chi connectivity index (χ2n) is 18.7. The number of rotatable bonds is 29. The van der Waals surface area contributed by atoms with E-state index in [2.05, 4.69) is 36.6 Å². The summed E-state index contributed by atoms with van der Waals surface area (Å²) in [7, 11) is 0. The Morgan fingerprint density at radius 3 is 2.11 bits per heavy atom. The summed E-state index contributed by atoms with van der Waals surface area (Å²) in [5, 5.41) is 15.4. The number of nitrogens with two attached hydrogens (primary N) is 4. The van der Waals surface area contributed by atoms with Crippen LogP contribution in [0.2, 0.25) is 0 Å². The van der Waals surface area contributed by atoms with Gasteiger partial charge < -0.3 is 64.2 Å². The quantitative estimate of drug-likeness (QED) is 0.0207. The van der Waals surface area contributed by atoms with Gasteiger partial charge in [0.05, 0.1) is 6.04 Å². The average Bonchev–Trinajstić information content (AvgIpc) is 4.03. The fourth-order valence-electron chi connectivity index (χ4n) is 9.52. The SMILES string of the molecule is NCCCCCC(=O)N[C@@H](Cc1ccccc1)C(=O)N[C@@H](CCCN)C(=O)N1CCC[C@H]1C(=O)N[C@H](CC1CCCCC1)C(=O)N[C@@H](Cc1c[nH]c2ccccc12)C(=O)N[C@H](C=O)CCCN=C(N)N. The molecule has 6 amide bonds. The number of guanidine groups is 1. The number of unbranched alkanes of at least 4 members (excludes halogenated alkanes) is 2. The number of nitrogens with one attached hydrogen (secondary N) is 6. The van der Waals surface area contributed by atoms with Crippen molar-refractivity contribution in [2.24, 2.45) is 33.8 Å². The van der Waals surface area contributed by atoms with E-state index in [9.17, 15) is 33.6 Å². The number of aldehydes is 1. The smallest absolute Gasteiger partial charge is 0.245 e. The molecular weight excluding hydrogens is 893 g/mol. The van der Waals surface area contributed by atoms with Crippen molar-refractivity contribution in [3.05, 3.63) is 71.9 Å². The Hall–Kier alpha value is -6.34. The lowest BCUT2D eigenvalue weighted by atomic mass is 9.84. The molecule has 0 bridgehead atoms. The van der Waals surface area contributed by atoms with Crippen molar-refractivity contribution in [3.63, 3.8) is 0 Å². The Bertz CT molecular complexity index is 2190. The van der Waals surface area contributed by atoms with Crippen LogP contribution in [0, 0.1) is 5.92 Å². The van der Waals surface area contributed by atoms with E-state index in [1.54, 1.807) is 6.20 Å². The van der Waals surface area contributed by atoms with E-state index < -0.39 is 65.8 Å². The van der Waals surface area contributed by atoms with Gasteiger partial charge in [0.25, 0.3) is 0 Å². The third kappa shape index (κ3) is 17.3. The van der Waals surface area contributed by atoms with E-state index >= 15 is 0 Å². The lowest BCUT2D eigenvalue weighted by Gasteiger charge is -2.32. The van der Waals surface area contributed by atoms with Crippen molar-refractivity contribution in [3.8, 4) is 0 Å². The maximum Gasteiger partial charge on any atom is 0.245 e. The summed E-state index contributed by atoms with van der Waals surface area (Å²) < 4.78 is 0. The van der Waals surface area contributed by atoms with Gasteiger partial charge in [-0.3, -0.25) is 33.8 Å². The summed E-state index contributed by atoms with van der Waals surface area (Å²) in [6.45, 7) is 1.29. The van der Waals surface area contributed by atoms with Crippen molar-refractivity contribution >= 4 is 58.6 Å². The summed E-state index contributed by atoms with van der Waals surface area (Å²) in [5.74, 6) is -2.89. The van der Waals surface area contributed by atoms with E-state index in [-0.39, 0.29) is 69.5 Å². The number of para-hydroxylation sites is 1. The summed E-state index contributed by atoms with van der Waals surface area (Å²) in [5.41, 5.74) is 24.9. The molecule has 2 fully saturated rings. The lowest BCUT2D eigenvalue weighted by Crippen LogP contribution is -2.59. The maximum absolute atomic E-state index is 14.6. The average molecular weight is 969 g/mol. The Morgan fingerprint density at radius 1 is 0.700 bits per heavy atom. The molecule has 3 aromatic rings. The molecule has 70 heavy (non-hydrogen) atoms. The highest BCUT2D eigenvalue weighted by molar-refractivity contribution is 5.97. The van der Waals surface area contributed by atoms with Gasteiger partial charge in [-0.15, -0.1) is 0 Å². The van der Waals surface area contributed by atoms with E-state index in [0.29, 0.717) is 51.4 Å². The predicted octanol–water partition coefficient (Wildman–Crippen LogP) is 1.85. The summed E-state index contributed by atoms with van der Waals surface area (Å²) in [6.07, 6.45) is 12.3. The lowest BCUT2D eigenvalue weighted by molar-refractivity contribution is -0.142. The molecule has 2 aliphatic rings. The minimum atomic E-state index is -1.14. The maximum atomic E-state index is 14.6. The molecule has 0 spiro atoms. The van der Waals surface area contributed by atoms with Crippen LogP contribution in [0.5, 0.6) is 0 Å². The molecule has 19 nitrogen and oxygen atoms in total. The number of aromatic amines is 1. The number of hydrogen-bond acceptors (Lipinski definition) is 10. The van der Waals surface area contributed by atoms with Crippen molar-refractivity contribution in [2.75, 3.05) is 26.2 Å². The second kappa shape index (κ2) is 29.0. The van der Waals surface area contributed by atoms with Gasteiger partial charge in [0.15, 0.2) is 5.96 Å². The van der Waals surface area contributed by atoms with Gasteiger partial charge in [0.2, 0.25) is 35.4 Å². The minimum absolute atomic E-state index is 0.0801. The molecule has 14 N–H and O–H groups in total. The highest BCUT2D eigenvalue weighted by Crippen LogP contribution is 2.28. The number of amides is 6. The number of carbonyl (C=O) groups excluding carboxylic acids is 7. The Balaban J connectivity index is 1.34. The molecule has 19 heteroatoms. The normalized spacial score (nSPS) is 17.1. The number of hydrogen-bond donors (Lipinski definition) is 10. The van der Waals surface area contributed by atoms with Crippen LogP contribution in [0.3, 0.4) is 0 Å². The molecule has 1 saturated heterocycles. The molecule has 1 aliphatic carbocycles. The van der Waals surface area contributed by atoms with Gasteiger partial charge in [0.1, 0.15) is 36.5 Å². The van der Waals surface area contributed by atoms with Crippen molar-refractivity contribution in [1.29, 1.82) is 0 Å². The van der Waals surface area contributed by atoms with Crippen LogP contribution in [0.25, 0.3) is 10.9 Å². The van der Waals surface area contributed by atoms with Crippen molar-refractivity contribution < 1.29 is 33.6 Å². The molecule has 2 heterocycles. The largest absolute Gasteiger partial charge is 0.370 e. The molecule has 382 valence electrons. The molecule has 1 aliphatic heterocycles. The Kier molecular flexibility index (Phi) is 22.6. The monoisotopic (exact) mass is 969 g/mol. The summed E-state index contributed by atoms with van der Waals surface area (Å²) >= 11 is 0. The third-order valence-electron chi connectivity index (χ3n) is 13.3. The first-order valence-corrected chi connectivity index (χ1v) is 25.2. The van der Waals surface area contributed by atoms with Crippen LogP contribution in [0.15, 0.2) is 65.8 Å². The second-order valence-corrected chi connectivity index (χ2v) is 18.7. The Morgan fingerprint density at radius 2 is 1.39 bits per heavy atom. The molecule has 6 atom stereocenters. The molecule has 1 aromatic heterocycles. The van der Waals surface area contributed by atoms with E-state index in [4.69, 9.17) is 22.9 Å². The first-order valence-electron chi connectivity index (χ1n) is 25.2. The molecule has 1 saturated carbocycles. The van der Waals surface area contributed by atoms with E-state index in [0.717, 1.165) is 67.0 Å². The molecule has 0 radical (unpaired) electrons. The first-order chi connectivity index (χ1) is 33.9. The fourth-order valence-corrected chi connectivity index (χ4v) is 9.52. The van der Waals surface area contributed by atoms with E-state index in [1.165, 1.54) is 4.90 Å². The number of nitrogens with zero attached hydrogens (tertiary/aromatic N) is 2. The van der Waals surface area contributed by atoms with Gasteiger partial charge in [-0.2, -0.15) is 0 Å². The zero-order valence-electron chi connectivity index (χ0n) is 40.5. The number of benzene rings is 2. The zero-order valence-corrected chi connectivity index (χ0v) is 40.5. The number of fused-ring (bicyclic) bond motifs is 1. The van der Waals surface area contributed by atoms with Crippen LogP contribution in [0.4, 0.5) is 0 Å². The highest BCUT2D eigenvalue weighted by atomic mass is 16.2. The van der Waals surface area contributed by atoms with Crippen LogP contribution in [-0.2, 0) is 46.4 Å². The highest BCUT2D eigenvalue weighted by Gasteiger charge is 2.40. The van der Waals surface area contributed by atoms with Gasteiger partial charge in [0, 0.05) is 49.5 Å². The van der Waals surface area contributed by atoms with Gasteiger partial charge in [-0.1, -0.05) is 87.1 Å². The van der Waals surface area contributed by atoms with Gasteiger partial charge in [-0.05, 0) is 94.0 Å². The number of carbonyl (C=O) groups is 7. The van der Waals surface area contributed by atoms with Crippen LogP contribution >= 0.6 is 0 Å². The zero-order chi connectivity index (χ0) is 50.3. The standard InChI is InChI=1S/C51H76N12O7/c52-25-11-3-8-24-45(65)59-41(29-34-15-4-1-5-16-34)47(67)60-40(22-12-26-53)50(70)63-28-14-23-44(63)49(69)62-42(30-35-17-6-2-7-18-35)48(68)61-43(31-36-32-57-39-21-10-9-20-38(36)39)46(66)58-37(33-64)19-13-27-56-51(54)55/h1,4-5,9-10,15-16,20-21,32-33,35,37,40-44,57H,2-3,6-8,11-14,17-19,22-31,52-53H2,(H,58,66)(H,59,65)(H,60,67)(H,61,68)(H,62,69)(H4,54,55,56)/t37-,40-,41-,42+,43-,44-/m0/s1. The molecule has 0 unspecified atom stereocenters. The third-order valence-corrected chi connectivity index (χ3v) is 13.3. The molecule has 2 aromatic carbocycles. The van der Waals surface area contributed by atoms with Gasteiger partial charge in [-0.25, -0.2) is 0 Å². The Labute approximate surface area is 411 Å². The van der Waals surface area contributed by atoms with Crippen LogP contribution < -0.4 is 49.5 Å². The van der Waals surface area contributed by atoms with Crippen molar-refractivity contribution in [2.45, 2.75) is 152 Å². The first kappa shape index (κ1) is 54.6. The predicted molar refractivity (Wildman–Crippen MR) is 270 cm³/mol. The summed E-state index contributed by atoms with van der Waals surface area (Å²) in [6, 6.07) is 10.8. The fraction of sp³-hybridized carbons (Fsp3) is 0.569. The number of aromatic nitrogens is 1.